The minimum Gasteiger partial charge on any atom is -0.454 e. The minimum absolute atomic E-state index is 0.0472. The molecule has 0 radical (unpaired) electrons. The molecule has 0 spiro atoms. The number of halogens is 2. The van der Waals surface area contributed by atoms with Gasteiger partial charge in [-0.15, -0.1) is 0 Å². The van der Waals surface area contributed by atoms with Crippen molar-refractivity contribution in [1.82, 2.24) is 15.1 Å². The molecule has 2 aromatic rings. The molecule has 4 N–H and O–H groups in total. The summed E-state index contributed by atoms with van der Waals surface area (Å²) in [5.41, 5.74) is 5.19. The van der Waals surface area contributed by atoms with Crippen molar-refractivity contribution in [1.29, 1.82) is 0 Å². The molecule has 1 aliphatic heterocycles. The molecule has 1 aliphatic carbocycles. The maximum Gasteiger partial charge on any atom is 0.319 e. The van der Waals surface area contributed by atoms with Crippen molar-refractivity contribution in [3.63, 3.8) is 0 Å². The number of nitrogens with zero attached hydrogens (tertiary/aromatic N) is 2. The Kier molecular flexibility index (Phi) is 7.54. The predicted molar refractivity (Wildman–Crippen MR) is 133 cm³/mol. The number of rotatable bonds is 6. The molecular formula is C26H33F2N5O4. The van der Waals surface area contributed by atoms with Crippen LogP contribution >= 0.6 is 0 Å². The molecule has 4 amide bonds. The molecule has 1 aromatic carbocycles. The van der Waals surface area contributed by atoms with Crippen LogP contribution in [-0.2, 0) is 12.0 Å². The number of urea groups is 1. The summed E-state index contributed by atoms with van der Waals surface area (Å²) >= 11 is 0. The molecule has 2 fully saturated rings. The number of anilines is 1. The van der Waals surface area contributed by atoms with Gasteiger partial charge in [0.25, 0.3) is 11.8 Å². The minimum atomic E-state index is -1.29. The SMILES string of the molecule is CC(C)(C)c1cc(CN2CCN(C(=O)c3ccc(NC(=O)NC4CCC4)c(F)c3F)CC2)oc1C(N)=O. The van der Waals surface area contributed by atoms with Gasteiger partial charge >= 0.3 is 6.03 Å². The lowest BCUT2D eigenvalue weighted by Gasteiger charge is -2.34. The van der Waals surface area contributed by atoms with E-state index in [9.17, 15) is 23.2 Å². The van der Waals surface area contributed by atoms with Crippen LogP contribution in [0.25, 0.3) is 0 Å². The Labute approximate surface area is 214 Å². The number of primary amides is 1. The zero-order valence-electron chi connectivity index (χ0n) is 21.3. The zero-order chi connectivity index (χ0) is 26.9. The summed E-state index contributed by atoms with van der Waals surface area (Å²) in [7, 11) is 0. The number of carbonyl (C=O) groups excluding carboxylic acids is 3. The van der Waals surface area contributed by atoms with E-state index in [0.29, 0.717) is 38.5 Å². The van der Waals surface area contributed by atoms with Crippen molar-refractivity contribution >= 4 is 23.5 Å². The molecular weight excluding hydrogens is 484 g/mol. The number of piperazine rings is 1. The number of benzene rings is 1. The first-order valence-corrected chi connectivity index (χ1v) is 12.4. The van der Waals surface area contributed by atoms with Gasteiger partial charge in [-0.3, -0.25) is 14.5 Å². The quantitative estimate of drug-likeness (QED) is 0.541. The van der Waals surface area contributed by atoms with Gasteiger partial charge in [-0.1, -0.05) is 20.8 Å². The van der Waals surface area contributed by atoms with E-state index in [4.69, 9.17) is 10.2 Å². The maximum atomic E-state index is 14.8. The first-order valence-electron chi connectivity index (χ1n) is 12.4. The van der Waals surface area contributed by atoms with E-state index >= 15 is 0 Å². The number of nitrogens with one attached hydrogen (secondary N) is 2. The second kappa shape index (κ2) is 10.5. The summed E-state index contributed by atoms with van der Waals surface area (Å²) in [6.45, 7) is 7.89. The summed E-state index contributed by atoms with van der Waals surface area (Å²) in [6.07, 6.45) is 2.74. The third kappa shape index (κ3) is 5.93. The highest BCUT2D eigenvalue weighted by Crippen LogP contribution is 2.30. The Morgan fingerprint density at radius 3 is 2.30 bits per heavy atom. The topological polar surface area (TPSA) is 121 Å². The summed E-state index contributed by atoms with van der Waals surface area (Å²) in [5, 5.41) is 5.00. The van der Waals surface area contributed by atoms with Crippen molar-refractivity contribution in [2.24, 2.45) is 5.73 Å². The van der Waals surface area contributed by atoms with Crippen LogP contribution in [0.5, 0.6) is 0 Å². The molecule has 0 atom stereocenters. The van der Waals surface area contributed by atoms with Gasteiger partial charge in [-0.2, -0.15) is 0 Å². The van der Waals surface area contributed by atoms with E-state index < -0.39 is 29.5 Å². The Morgan fingerprint density at radius 1 is 1.08 bits per heavy atom. The van der Waals surface area contributed by atoms with Crippen molar-refractivity contribution < 1.29 is 27.6 Å². The molecule has 37 heavy (non-hydrogen) atoms. The van der Waals surface area contributed by atoms with Crippen molar-refractivity contribution in [3.8, 4) is 0 Å². The largest absolute Gasteiger partial charge is 0.454 e. The third-order valence-corrected chi connectivity index (χ3v) is 6.86. The van der Waals surface area contributed by atoms with E-state index in [1.54, 1.807) is 0 Å². The van der Waals surface area contributed by atoms with Gasteiger partial charge in [0.15, 0.2) is 17.4 Å². The molecule has 1 aromatic heterocycles. The Morgan fingerprint density at radius 2 is 1.76 bits per heavy atom. The van der Waals surface area contributed by atoms with Crippen molar-refractivity contribution in [2.45, 2.75) is 58.0 Å². The number of amides is 4. The molecule has 0 unspecified atom stereocenters. The lowest BCUT2D eigenvalue weighted by Crippen LogP contribution is -2.48. The van der Waals surface area contributed by atoms with E-state index in [-0.39, 0.29) is 28.5 Å². The van der Waals surface area contributed by atoms with Crippen LogP contribution in [0.15, 0.2) is 22.6 Å². The van der Waals surface area contributed by atoms with E-state index in [1.165, 1.54) is 17.0 Å². The van der Waals surface area contributed by atoms with E-state index in [2.05, 4.69) is 10.6 Å². The molecule has 0 bridgehead atoms. The van der Waals surface area contributed by atoms with Gasteiger partial charge in [0, 0.05) is 37.8 Å². The number of furan rings is 1. The average Bonchev–Trinajstić information content (AvgIpc) is 3.25. The van der Waals surface area contributed by atoms with Gasteiger partial charge in [0.05, 0.1) is 17.8 Å². The molecule has 1 saturated heterocycles. The van der Waals surface area contributed by atoms with Crippen LogP contribution in [0.4, 0.5) is 19.3 Å². The first-order chi connectivity index (χ1) is 17.4. The highest BCUT2D eigenvalue weighted by atomic mass is 19.2. The highest BCUT2D eigenvalue weighted by Gasteiger charge is 2.29. The third-order valence-electron chi connectivity index (χ3n) is 6.86. The van der Waals surface area contributed by atoms with Crippen LogP contribution in [0.2, 0.25) is 0 Å². The zero-order valence-corrected chi connectivity index (χ0v) is 21.3. The van der Waals surface area contributed by atoms with Gasteiger partial charge in [0.1, 0.15) is 5.76 Å². The first kappa shape index (κ1) is 26.6. The number of hydrogen-bond acceptors (Lipinski definition) is 5. The standard InChI is InChI=1S/C26H33F2N5O4/c1-26(2,3)18-13-16(37-22(18)23(29)34)14-32-9-11-33(12-10-32)24(35)17-7-8-19(21(28)20(17)27)31-25(36)30-15-5-4-6-15/h7-8,13,15H,4-6,9-12,14H2,1-3H3,(H2,29,34)(H2,30,31,36). The van der Waals surface area contributed by atoms with Gasteiger partial charge in [0.2, 0.25) is 0 Å². The highest BCUT2D eigenvalue weighted by molar-refractivity contribution is 5.96. The summed E-state index contributed by atoms with van der Waals surface area (Å²) < 4.78 is 35.1. The fraction of sp³-hybridized carbons (Fsp3) is 0.500. The van der Waals surface area contributed by atoms with Crippen molar-refractivity contribution in [3.05, 3.63) is 52.5 Å². The summed E-state index contributed by atoms with van der Waals surface area (Å²) in [5.74, 6) is -3.07. The predicted octanol–water partition coefficient (Wildman–Crippen LogP) is 3.59. The van der Waals surface area contributed by atoms with E-state index in [0.717, 1.165) is 24.8 Å². The lowest BCUT2D eigenvalue weighted by molar-refractivity contribution is 0.0613. The van der Waals surface area contributed by atoms with Crippen LogP contribution < -0.4 is 16.4 Å². The van der Waals surface area contributed by atoms with Gasteiger partial charge in [-0.25, -0.2) is 13.6 Å². The Hall–Kier alpha value is -3.47. The molecule has 4 rings (SSSR count). The molecule has 200 valence electrons. The van der Waals surface area contributed by atoms with Crippen LogP contribution in [-0.4, -0.2) is 59.9 Å². The smallest absolute Gasteiger partial charge is 0.319 e. The van der Waals surface area contributed by atoms with Crippen molar-refractivity contribution in [2.75, 3.05) is 31.5 Å². The molecule has 9 nitrogen and oxygen atoms in total. The summed E-state index contributed by atoms with van der Waals surface area (Å²) in [4.78, 5) is 40.2. The summed E-state index contributed by atoms with van der Waals surface area (Å²) in [6, 6.07) is 3.66. The molecule has 1 saturated carbocycles. The normalized spacial score (nSPS) is 16.8. The van der Waals surface area contributed by atoms with Crippen LogP contribution in [0.3, 0.4) is 0 Å². The lowest BCUT2D eigenvalue weighted by atomic mass is 9.87. The Bertz CT molecular complexity index is 1190. The fourth-order valence-electron chi connectivity index (χ4n) is 4.47. The molecule has 2 aliphatic rings. The molecule has 11 heteroatoms. The van der Waals surface area contributed by atoms with Crippen LogP contribution in [0.1, 0.15) is 72.3 Å². The van der Waals surface area contributed by atoms with Crippen LogP contribution in [0, 0.1) is 11.6 Å². The fourth-order valence-corrected chi connectivity index (χ4v) is 4.47. The number of nitrogens with two attached hydrogens (primary N) is 1. The monoisotopic (exact) mass is 517 g/mol. The van der Waals surface area contributed by atoms with Gasteiger partial charge in [-0.05, 0) is 42.9 Å². The molecule has 2 heterocycles. The number of hydrogen-bond donors (Lipinski definition) is 3. The number of carbonyl (C=O) groups is 3. The average molecular weight is 518 g/mol. The Balaban J connectivity index is 1.36. The maximum absolute atomic E-state index is 14.8. The second-order valence-corrected chi connectivity index (χ2v) is 10.7. The second-order valence-electron chi connectivity index (χ2n) is 10.7. The van der Waals surface area contributed by atoms with Gasteiger partial charge < -0.3 is 25.7 Å². The van der Waals surface area contributed by atoms with E-state index in [1.807, 2.05) is 31.7 Å².